The van der Waals surface area contributed by atoms with Crippen molar-refractivity contribution < 1.29 is 19.1 Å². The van der Waals surface area contributed by atoms with Crippen LogP contribution in [-0.4, -0.2) is 43.5 Å². The molecule has 3 rings (SSSR count). The summed E-state index contributed by atoms with van der Waals surface area (Å²) in [5.74, 6) is 0.211. The summed E-state index contributed by atoms with van der Waals surface area (Å²) in [7, 11) is 2.89. The zero-order valence-corrected chi connectivity index (χ0v) is 16.5. The first-order valence-electron chi connectivity index (χ1n) is 8.53. The second-order valence-electron chi connectivity index (χ2n) is 6.50. The number of esters is 1. The lowest BCUT2D eigenvalue weighted by molar-refractivity contribution is -0.147. The second-order valence-corrected chi connectivity index (χ2v) is 6.93. The van der Waals surface area contributed by atoms with Crippen LogP contribution in [0.25, 0.3) is 0 Å². The molecule has 0 saturated carbocycles. The van der Waals surface area contributed by atoms with Crippen molar-refractivity contribution >= 4 is 35.0 Å². The van der Waals surface area contributed by atoms with E-state index >= 15 is 0 Å². The summed E-state index contributed by atoms with van der Waals surface area (Å²) in [5.41, 5.74) is 0.631. The number of rotatable bonds is 4. The first-order chi connectivity index (χ1) is 13.4. The Bertz CT molecular complexity index is 912. The minimum atomic E-state index is -1.10. The van der Waals surface area contributed by atoms with Crippen LogP contribution in [0.4, 0.5) is 10.5 Å². The predicted molar refractivity (Wildman–Crippen MR) is 107 cm³/mol. The van der Waals surface area contributed by atoms with Crippen LogP contribution in [0, 0.1) is 5.41 Å². The number of methoxy groups -OCH3 is 2. The monoisotopic (exact) mass is 401 g/mol. The molecule has 0 aliphatic carbocycles. The summed E-state index contributed by atoms with van der Waals surface area (Å²) in [6.45, 7) is 1.76. The number of hydrogen-bond donors (Lipinski definition) is 1. The molecule has 0 saturated heterocycles. The van der Waals surface area contributed by atoms with Gasteiger partial charge in [0.1, 0.15) is 11.2 Å². The standard InChI is InChI=1S/C20H20ClN3O4/c1-20(18(25)28-3)12-24(19(26)22-15-8-6-14(21)7-9-15)23-17(20)13-4-10-16(27-2)11-5-13/h4-11H,12H2,1-3H3,(H,22,26). The molecule has 1 atom stereocenters. The number of amides is 2. The SMILES string of the molecule is COC(=O)C1(C)CN(C(=O)Nc2ccc(Cl)cc2)N=C1c1ccc(OC)cc1. The predicted octanol–water partition coefficient (Wildman–Crippen LogP) is 3.78. The summed E-state index contributed by atoms with van der Waals surface area (Å²) >= 11 is 5.87. The van der Waals surface area contributed by atoms with Crippen molar-refractivity contribution in [1.29, 1.82) is 0 Å². The highest BCUT2D eigenvalue weighted by molar-refractivity contribution is 6.30. The molecule has 146 valence electrons. The van der Waals surface area contributed by atoms with Crippen LogP contribution in [0.5, 0.6) is 5.75 Å². The lowest BCUT2D eigenvalue weighted by atomic mass is 9.82. The Labute approximate surface area is 167 Å². The fourth-order valence-electron chi connectivity index (χ4n) is 2.99. The third-order valence-corrected chi connectivity index (χ3v) is 4.79. The van der Waals surface area contributed by atoms with Crippen molar-refractivity contribution in [3.05, 3.63) is 59.1 Å². The second kappa shape index (κ2) is 7.90. The van der Waals surface area contributed by atoms with Crippen LogP contribution < -0.4 is 10.1 Å². The third kappa shape index (κ3) is 3.80. The van der Waals surface area contributed by atoms with Crippen molar-refractivity contribution in [3.63, 3.8) is 0 Å². The van der Waals surface area contributed by atoms with E-state index in [0.29, 0.717) is 27.7 Å². The van der Waals surface area contributed by atoms with Crippen molar-refractivity contribution in [2.24, 2.45) is 10.5 Å². The summed E-state index contributed by atoms with van der Waals surface area (Å²) in [5, 5.41) is 8.96. The van der Waals surface area contributed by atoms with Crippen LogP contribution in [0.1, 0.15) is 12.5 Å². The van der Waals surface area contributed by atoms with E-state index in [9.17, 15) is 9.59 Å². The zero-order chi connectivity index (χ0) is 20.3. The Morgan fingerprint density at radius 3 is 2.32 bits per heavy atom. The number of anilines is 1. The van der Waals surface area contributed by atoms with Crippen LogP contribution in [0.15, 0.2) is 53.6 Å². The van der Waals surface area contributed by atoms with Gasteiger partial charge in [0.25, 0.3) is 0 Å². The summed E-state index contributed by atoms with van der Waals surface area (Å²) in [6, 6.07) is 13.4. The van der Waals surface area contributed by atoms with E-state index in [0.717, 1.165) is 0 Å². The van der Waals surface area contributed by atoms with Crippen molar-refractivity contribution in [2.45, 2.75) is 6.92 Å². The van der Waals surface area contributed by atoms with Crippen LogP contribution in [0.2, 0.25) is 5.02 Å². The third-order valence-electron chi connectivity index (χ3n) is 4.54. The molecule has 0 spiro atoms. The van der Waals surface area contributed by atoms with Crippen LogP contribution in [0.3, 0.4) is 0 Å². The van der Waals surface area contributed by atoms with Gasteiger partial charge in [0.05, 0.1) is 26.5 Å². The minimum Gasteiger partial charge on any atom is -0.497 e. The lowest BCUT2D eigenvalue weighted by Gasteiger charge is -2.23. The van der Waals surface area contributed by atoms with Gasteiger partial charge in [-0.15, -0.1) is 0 Å². The number of nitrogens with one attached hydrogen (secondary N) is 1. The van der Waals surface area contributed by atoms with Gasteiger partial charge in [0, 0.05) is 10.7 Å². The molecule has 2 aromatic carbocycles. The summed E-state index contributed by atoms with van der Waals surface area (Å²) in [4.78, 5) is 25.2. The number of urea groups is 1. The van der Waals surface area contributed by atoms with Crippen molar-refractivity contribution in [3.8, 4) is 5.75 Å². The Balaban J connectivity index is 1.90. The number of hydrazone groups is 1. The first kappa shape index (κ1) is 19.7. The van der Waals surface area contributed by atoms with Gasteiger partial charge in [-0.1, -0.05) is 11.6 Å². The first-order valence-corrected chi connectivity index (χ1v) is 8.91. The van der Waals surface area contributed by atoms with Gasteiger partial charge in [0.2, 0.25) is 0 Å². The quantitative estimate of drug-likeness (QED) is 0.790. The van der Waals surface area contributed by atoms with E-state index in [2.05, 4.69) is 10.4 Å². The van der Waals surface area contributed by atoms with Gasteiger partial charge < -0.3 is 14.8 Å². The molecule has 1 aliphatic heterocycles. The van der Waals surface area contributed by atoms with E-state index in [-0.39, 0.29) is 6.54 Å². The maximum absolute atomic E-state index is 12.7. The maximum Gasteiger partial charge on any atom is 0.342 e. The van der Waals surface area contributed by atoms with Gasteiger partial charge in [-0.2, -0.15) is 5.10 Å². The molecular weight excluding hydrogens is 382 g/mol. The largest absolute Gasteiger partial charge is 0.497 e. The Morgan fingerprint density at radius 1 is 1.11 bits per heavy atom. The van der Waals surface area contributed by atoms with Gasteiger partial charge in [0.15, 0.2) is 0 Å². The summed E-state index contributed by atoms with van der Waals surface area (Å²) in [6.07, 6.45) is 0. The number of benzene rings is 2. The highest BCUT2D eigenvalue weighted by atomic mass is 35.5. The topological polar surface area (TPSA) is 80.2 Å². The van der Waals surface area contributed by atoms with E-state index in [1.807, 2.05) is 0 Å². The molecular formula is C20H20ClN3O4. The van der Waals surface area contributed by atoms with Gasteiger partial charge in [-0.05, 0) is 61.0 Å². The number of nitrogens with zero attached hydrogens (tertiary/aromatic N) is 2. The number of carbonyl (C=O) groups is 2. The van der Waals surface area contributed by atoms with Gasteiger partial charge >= 0.3 is 12.0 Å². The molecule has 8 heteroatoms. The molecule has 28 heavy (non-hydrogen) atoms. The zero-order valence-electron chi connectivity index (χ0n) is 15.7. The van der Waals surface area contributed by atoms with E-state index in [1.54, 1.807) is 62.6 Å². The molecule has 7 nitrogen and oxygen atoms in total. The van der Waals surface area contributed by atoms with Crippen molar-refractivity contribution in [1.82, 2.24) is 5.01 Å². The molecule has 1 unspecified atom stereocenters. The van der Waals surface area contributed by atoms with Crippen molar-refractivity contribution in [2.75, 3.05) is 26.1 Å². The molecule has 0 radical (unpaired) electrons. The van der Waals surface area contributed by atoms with E-state index < -0.39 is 17.4 Å². The highest BCUT2D eigenvalue weighted by Crippen LogP contribution is 2.33. The number of hydrogen-bond acceptors (Lipinski definition) is 5. The minimum absolute atomic E-state index is 0.0560. The fraction of sp³-hybridized carbons (Fsp3) is 0.250. The lowest BCUT2D eigenvalue weighted by Crippen LogP contribution is -2.42. The highest BCUT2D eigenvalue weighted by Gasteiger charge is 2.48. The average molecular weight is 402 g/mol. The maximum atomic E-state index is 12.7. The number of halogens is 1. The molecule has 1 aliphatic rings. The Morgan fingerprint density at radius 2 is 1.75 bits per heavy atom. The molecule has 2 amide bonds. The Kier molecular flexibility index (Phi) is 5.56. The molecule has 1 heterocycles. The number of ether oxygens (including phenoxy) is 2. The molecule has 1 N–H and O–H groups in total. The molecule has 2 aromatic rings. The normalized spacial score (nSPS) is 18.4. The van der Waals surface area contributed by atoms with E-state index in [1.165, 1.54) is 12.1 Å². The summed E-state index contributed by atoms with van der Waals surface area (Å²) < 4.78 is 10.1. The molecule has 0 aromatic heterocycles. The van der Waals surface area contributed by atoms with E-state index in [4.69, 9.17) is 21.1 Å². The van der Waals surface area contributed by atoms with Gasteiger partial charge in [-0.3, -0.25) is 4.79 Å². The van der Waals surface area contributed by atoms with Crippen LogP contribution >= 0.6 is 11.6 Å². The smallest absolute Gasteiger partial charge is 0.342 e. The van der Waals surface area contributed by atoms with Gasteiger partial charge in [-0.25, -0.2) is 9.80 Å². The fourth-order valence-corrected chi connectivity index (χ4v) is 3.12. The number of carbonyl (C=O) groups excluding carboxylic acids is 2. The average Bonchev–Trinajstić information content (AvgIpc) is 3.08. The molecule has 0 fully saturated rings. The molecule has 0 bridgehead atoms. The van der Waals surface area contributed by atoms with Crippen LogP contribution in [-0.2, 0) is 9.53 Å². The Hall–Kier alpha value is -3.06.